The molecule has 1 N–H and O–H groups in total. The summed E-state index contributed by atoms with van der Waals surface area (Å²) in [6, 6.07) is 12.6. The van der Waals surface area contributed by atoms with Crippen LogP contribution in [0.5, 0.6) is 17.2 Å². The first kappa shape index (κ1) is 20.1. The third-order valence-electron chi connectivity index (χ3n) is 3.67. The minimum Gasteiger partial charge on any atom is -0.490 e. The molecule has 27 heavy (non-hydrogen) atoms. The number of carbonyl (C=O) groups is 1. The van der Waals surface area contributed by atoms with E-state index in [2.05, 4.69) is 11.4 Å². The molecule has 0 saturated heterocycles. The van der Waals surface area contributed by atoms with Crippen LogP contribution in [0.3, 0.4) is 0 Å². The van der Waals surface area contributed by atoms with Crippen molar-refractivity contribution in [2.45, 2.75) is 27.2 Å². The predicted molar refractivity (Wildman–Crippen MR) is 104 cm³/mol. The molecule has 0 aliphatic heterocycles. The lowest BCUT2D eigenvalue weighted by Crippen LogP contribution is -2.13. The molecular weight excluding hydrogens is 344 g/mol. The molecule has 0 aliphatic rings. The third-order valence-corrected chi connectivity index (χ3v) is 3.67. The molecule has 0 atom stereocenters. The molecule has 2 aromatic carbocycles. The lowest BCUT2D eigenvalue weighted by molar-refractivity contribution is 0.102. The molecular formula is C21H24N2O4. The van der Waals surface area contributed by atoms with Crippen LogP contribution in [0.25, 0.3) is 0 Å². The van der Waals surface area contributed by atoms with E-state index in [0.29, 0.717) is 54.7 Å². The SMILES string of the molecule is CCOc1cc(C(=O)Nc2ccc(CC#N)cc2)cc(OCC)c1OCC. The molecule has 2 rings (SSSR count). The maximum atomic E-state index is 12.7. The Morgan fingerprint density at radius 3 is 2.00 bits per heavy atom. The van der Waals surface area contributed by atoms with E-state index in [1.54, 1.807) is 24.3 Å². The molecule has 2 aromatic rings. The van der Waals surface area contributed by atoms with E-state index in [1.165, 1.54) is 0 Å². The standard InChI is InChI=1S/C21H24N2O4/c1-4-25-18-13-16(14-19(26-5-2)20(18)27-6-3)21(24)23-17-9-7-15(8-10-17)11-12-22/h7-10,13-14H,4-6,11H2,1-3H3,(H,23,24). The molecule has 0 bridgehead atoms. The first-order valence-electron chi connectivity index (χ1n) is 8.96. The number of carbonyl (C=O) groups excluding carboxylic acids is 1. The number of nitrogens with zero attached hydrogens (tertiary/aromatic N) is 1. The van der Waals surface area contributed by atoms with E-state index in [0.717, 1.165) is 5.56 Å². The first-order valence-corrected chi connectivity index (χ1v) is 8.96. The van der Waals surface area contributed by atoms with Crippen molar-refractivity contribution in [3.05, 3.63) is 47.5 Å². The summed E-state index contributed by atoms with van der Waals surface area (Å²) in [6.45, 7) is 6.95. The smallest absolute Gasteiger partial charge is 0.255 e. The molecule has 0 spiro atoms. The largest absolute Gasteiger partial charge is 0.490 e. The van der Waals surface area contributed by atoms with Gasteiger partial charge in [0.05, 0.1) is 32.3 Å². The van der Waals surface area contributed by atoms with Gasteiger partial charge in [-0.3, -0.25) is 4.79 Å². The summed E-state index contributed by atoms with van der Waals surface area (Å²) in [5.74, 6) is 1.16. The number of amides is 1. The van der Waals surface area contributed by atoms with Gasteiger partial charge in [0.15, 0.2) is 11.5 Å². The van der Waals surface area contributed by atoms with Gasteiger partial charge in [0.1, 0.15) is 0 Å². The Morgan fingerprint density at radius 1 is 0.963 bits per heavy atom. The lowest BCUT2D eigenvalue weighted by Gasteiger charge is -2.17. The Balaban J connectivity index is 2.29. The van der Waals surface area contributed by atoms with Gasteiger partial charge < -0.3 is 19.5 Å². The summed E-state index contributed by atoms with van der Waals surface area (Å²) in [7, 11) is 0. The zero-order valence-corrected chi connectivity index (χ0v) is 15.9. The molecule has 0 aliphatic carbocycles. The van der Waals surface area contributed by atoms with E-state index in [4.69, 9.17) is 19.5 Å². The molecule has 6 heteroatoms. The van der Waals surface area contributed by atoms with Crippen LogP contribution in [0.1, 0.15) is 36.7 Å². The highest BCUT2D eigenvalue weighted by molar-refractivity contribution is 6.05. The summed E-state index contributed by atoms with van der Waals surface area (Å²) in [5, 5.41) is 11.6. The van der Waals surface area contributed by atoms with Crippen molar-refractivity contribution in [2.24, 2.45) is 0 Å². The fourth-order valence-corrected chi connectivity index (χ4v) is 2.52. The molecule has 0 aromatic heterocycles. The number of benzene rings is 2. The first-order chi connectivity index (χ1) is 13.1. The van der Waals surface area contributed by atoms with E-state index >= 15 is 0 Å². The number of ether oxygens (including phenoxy) is 3. The summed E-state index contributed by atoms with van der Waals surface area (Å²) < 4.78 is 16.9. The average molecular weight is 368 g/mol. The number of nitrogens with one attached hydrogen (secondary N) is 1. The van der Waals surface area contributed by atoms with E-state index in [1.807, 2.05) is 32.9 Å². The van der Waals surface area contributed by atoms with Gasteiger partial charge in [0.25, 0.3) is 5.91 Å². The molecule has 0 heterocycles. The van der Waals surface area contributed by atoms with Crippen molar-refractivity contribution in [1.82, 2.24) is 0 Å². The Kier molecular flexibility index (Phi) is 7.50. The second-order valence-corrected chi connectivity index (χ2v) is 5.59. The van der Waals surface area contributed by atoms with Crippen LogP contribution in [0.4, 0.5) is 5.69 Å². The molecule has 1 amide bonds. The quantitative estimate of drug-likeness (QED) is 0.717. The molecule has 6 nitrogen and oxygen atoms in total. The van der Waals surface area contributed by atoms with Crippen LogP contribution in [0, 0.1) is 11.3 Å². The van der Waals surface area contributed by atoms with E-state index in [9.17, 15) is 4.79 Å². The topological polar surface area (TPSA) is 80.6 Å². The zero-order valence-electron chi connectivity index (χ0n) is 15.9. The molecule has 0 radical (unpaired) electrons. The Morgan fingerprint density at radius 2 is 1.52 bits per heavy atom. The van der Waals surface area contributed by atoms with Gasteiger partial charge in [0, 0.05) is 11.3 Å². The van der Waals surface area contributed by atoms with Gasteiger partial charge in [0.2, 0.25) is 5.75 Å². The van der Waals surface area contributed by atoms with Crippen molar-refractivity contribution in [3.8, 4) is 23.3 Å². The van der Waals surface area contributed by atoms with Crippen molar-refractivity contribution >= 4 is 11.6 Å². The zero-order chi connectivity index (χ0) is 19.6. The van der Waals surface area contributed by atoms with Gasteiger partial charge in [-0.2, -0.15) is 5.26 Å². The predicted octanol–water partition coefficient (Wildman–Crippen LogP) is 4.20. The van der Waals surface area contributed by atoms with Gasteiger partial charge >= 0.3 is 0 Å². The summed E-state index contributed by atoms with van der Waals surface area (Å²) >= 11 is 0. The van der Waals surface area contributed by atoms with Crippen LogP contribution in [-0.4, -0.2) is 25.7 Å². The van der Waals surface area contributed by atoms with Crippen molar-refractivity contribution in [3.63, 3.8) is 0 Å². The molecule has 0 fully saturated rings. The van der Waals surface area contributed by atoms with E-state index in [-0.39, 0.29) is 5.91 Å². The number of hydrogen-bond acceptors (Lipinski definition) is 5. The van der Waals surface area contributed by atoms with E-state index < -0.39 is 0 Å². The van der Waals surface area contributed by atoms with Crippen LogP contribution >= 0.6 is 0 Å². The highest BCUT2D eigenvalue weighted by atomic mass is 16.5. The van der Waals surface area contributed by atoms with Crippen molar-refractivity contribution in [1.29, 1.82) is 5.26 Å². The normalized spacial score (nSPS) is 10.0. The highest BCUT2D eigenvalue weighted by Gasteiger charge is 2.18. The average Bonchev–Trinajstić information content (AvgIpc) is 2.66. The Hall–Kier alpha value is -3.20. The molecule has 0 unspecified atom stereocenters. The highest BCUT2D eigenvalue weighted by Crippen LogP contribution is 2.39. The second-order valence-electron chi connectivity index (χ2n) is 5.59. The number of rotatable bonds is 9. The lowest BCUT2D eigenvalue weighted by atomic mass is 10.1. The maximum absolute atomic E-state index is 12.7. The maximum Gasteiger partial charge on any atom is 0.255 e. The fraction of sp³-hybridized carbons (Fsp3) is 0.333. The minimum absolute atomic E-state index is 0.284. The molecule has 142 valence electrons. The van der Waals surface area contributed by atoms with Gasteiger partial charge in [-0.1, -0.05) is 12.1 Å². The Bertz CT molecular complexity index is 783. The Labute approximate surface area is 159 Å². The van der Waals surface area contributed by atoms with Gasteiger partial charge in [-0.15, -0.1) is 0 Å². The fourth-order valence-electron chi connectivity index (χ4n) is 2.52. The van der Waals surface area contributed by atoms with Gasteiger partial charge in [-0.25, -0.2) is 0 Å². The monoisotopic (exact) mass is 368 g/mol. The summed E-state index contributed by atoms with van der Waals surface area (Å²) in [5.41, 5.74) is 1.95. The second kappa shape index (κ2) is 10.1. The molecule has 0 saturated carbocycles. The summed E-state index contributed by atoms with van der Waals surface area (Å²) in [6.07, 6.45) is 0.336. The minimum atomic E-state index is -0.284. The van der Waals surface area contributed by atoms with Crippen LogP contribution in [0.2, 0.25) is 0 Å². The van der Waals surface area contributed by atoms with Crippen LogP contribution in [0.15, 0.2) is 36.4 Å². The number of anilines is 1. The third kappa shape index (κ3) is 5.38. The van der Waals surface area contributed by atoms with Crippen molar-refractivity contribution in [2.75, 3.05) is 25.1 Å². The van der Waals surface area contributed by atoms with Crippen LogP contribution < -0.4 is 19.5 Å². The van der Waals surface area contributed by atoms with Crippen LogP contribution in [-0.2, 0) is 6.42 Å². The summed E-state index contributed by atoms with van der Waals surface area (Å²) in [4.78, 5) is 12.7. The number of hydrogen-bond donors (Lipinski definition) is 1. The van der Waals surface area contributed by atoms with Crippen molar-refractivity contribution < 1.29 is 19.0 Å². The number of nitriles is 1. The van der Waals surface area contributed by atoms with Gasteiger partial charge in [-0.05, 0) is 50.6 Å².